The maximum absolute atomic E-state index is 8.93. The van der Waals surface area contributed by atoms with Crippen molar-refractivity contribution in [2.45, 2.75) is 20.1 Å². The van der Waals surface area contributed by atoms with Crippen LogP contribution in [0.25, 0.3) is 0 Å². The Kier molecular flexibility index (Phi) is 3.39. The van der Waals surface area contributed by atoms with Crippen molar-refractivity contribution in [3.63, 3.8) is 0 Å². The van der Waals surface area contributed by atoms with Gasteiger partial charge in [0.25, 0.3) is 0 Å². The number of pyridine rings is 1. The van der Waals surface area contributed by atoms with Gasteiger partial charge in [0.05, 0.1) is 38.0 Å². The van der Waals surface area contributed by atoms with E-state index in [9.17, 15) is 0 Å². The second kappa shape index (κ2) is 4.97. The number of aromatic nitrogens is 3. The number of methoxy groups -OCH3 is 1. The largest absolute Gasteiger partial charge is 0.497 e. The van der Waals surface area contributed by atoms with E-state index in [1.165, 1.54) is 0 Å². The molecule has 5 heteroatoms. The van der Waals surface area contributed by atoms with Crippen LogP contribution in [0.2, 0.25) is 0 Å². The first-order valence-electron chi connectivity index (χ1n) is 5.34. The molecule has 0 saturated heterocycles. The van der Waals surface area contributed by atoms with Crippen LogP contribution in [0.1, 0.15) is 17.1 Å². The van der Waals surface area contributed by atoms with Gasteiger partial charge in [-0.15, -0.1) is 0 Å². The van der Waals surface area contributed by atoms with Crippen LogP contribution in [-0.4, -0.2) is 26.8 Å². The summed E-state index contributed by atoms with van der Waals surface area (Å²) < 4.78 is 7.08. The lowest BCUT2D eigenvalue weighted by Gasteiger charge is -2.06. The van der Waals surface area contributed by atoms with Crippen LogP contribution < -0.4 is 4.74 Å². The molecule has 1 N–H and O–H groups in total. The number of nitrogens with zero attached hydrogens (tertiary/aromatic N) is 3. The van der Waals surface area contributed by atoms with E-state index >= 15 is 0 Å². The van der Waals surface area contributed by atoms with Crippen molar-refractivity contribution < 1.29 is 9.84 Å². The number of ether oxygens (including phenoxy) is 1. The van der Waals surface area contributed by atoms with Crippen molar-refractivity contribution >= 4 is 0 Å². The minimum Gasteiger partial charge on any atom is -0.497 e. The standard InChI is InChI=1S/C12H15N3O2/c1-9-3-12(17-2)4-10(14-9)5-15-6-11(7-16)13-8-15/h3-4,6,8,16H,5,7H2,1-2H3. The number of aliphatic hydroxyl groups excluding tert-OH is 1. The summed E-state index contributed by atoms with van der Waals surface area (Å²) in [5.74, 6) is 0.801. The smallest absolute Gasteiger partial charge is 0.122 e. The van der Waals surface area contributed by atoms with E-state index in [0.29, 0.717) is 12.2 Å². The van der Waals surface area contributed by atoms with Gasteiger partial charge in [-0.05, 0) is 6.92 Å². The number of hydrogen-bond donors (Lipinski definition) is 1. The van der Waals surface area contributed by atoms with Crippen molar-refractivity contribution in [1.29, 1.82) is 0 Å². The summed E-state index contributed by atoms with van der Waals surface area (Å²) in [6.45, 7) is 2.50. The van der Waals surface area contributed by atoms with Gasteiger partial charge in [-0.25, -0.2) is 4.98 Å². The molecule has 0 amide bonds. The molecule has 0 aliphatic heterocycles. The monoisotopic (exact) mass is 233 g/mol. The molecule has 0 bridgehead atoms. The molecule has 2 rings (SSSR count). The third-order valence-electron chi connectivity index (χ3n) is 2.41. The molecule has 0 aliphatic rings. The Balaban J connectivity index is 2.20. The summed E-state index contributed by atoms with van der Waals surface area (Å²) in [5, 5.41) is 8.93. The highest BCUT2D eigenvalue weighted by atomic mass is 16.5. The van der Waals surface area contributed by atoms with E-state index in [-0.39, 0.29) is 6.61 Å². The van der Waals surface area contributed by atoms with Gasteiger partial charge in [0.2, 0.25) is 0 Å². The number of aliphatic hydroxyl groups is 1. The normalized spacial score (nSPS) is 10.5. The molecule has 0 radical (unpaired) electrons. The summed E-state index contributed by atoms with van der Waals surface area (Å²) in [5.41, 5.74) is 2.48. The maximum atomic E-state index is 8.93. The van der Waals surface area contributed by atoms with E-state index in [2.05, 4.69) is 9.97 Å². The van der Waals surface area contributed by atoms with Gasteiger partial charge < -0.3 is 14.4 Å². The fourth-order valence-electron chi connectivity index (χ4n) is 1.66. The van der Waals surface area contributed by atoms with Crippen LogP contribution in [0.5, 0.6) is 5.75 Å². The summed E-state index contributed by atoms with van der Waals surface area (Å²) in [6, 6.07) is 3.78. The average Bonchev–Trinajstić information content (AvgIpc) is 2.76. The molecule has 0 unspecified atom stereocenters. The quantitative estimate of drug-likeness (QED) is 0.860. The Morgan fingerprint density at radius 1 is 1.35 bits per heavy atom. The van der Waals surface area contributed by atoms with E-state index in [1.807, 2.05) is 23.6 Å². The first-order valence-corrected chi connectivity index (χ1v) is 5.34. The van der Waals surface area contributed by atoms with E-state index in [4.69, 9.17) is 9.84 Å². The average molecular weight is 233 g/mol. The Morgan fingerprint density at radius 2 is 2.18 bits per heavy atom. The van der Waals surface area contributed by atoms with Gasteiger partial charge in [0.15, 0.2) is 0 Å². The zero-order valence-corrected chi connectivity index (χ0v) is 9.92. The van der Waals surface area contributed by atoms with Crippen LogP contribution >= 0.6 is 0 Å². The molecule has 5 nitrogen and oxygen atoms in total. The molecule has 0 spiro atoms. The van der Waals surface area contributed by atoms with Gasteiger partial charge in [-0.1, -0.05) is 0 Å². The molecule has 0 saturated carbocycles. The van der Waals surface area contributed by atoms with Gasteiger partial charge in [0, 0.05) is 24.0 Å². The molecular weight excluding hydrogens is 218 g/mol. The van der Waals surface area contributed by atoms with Crippen molar-refractivity contribution in [2.75, 3.05) is 7.11 Å². The fraction of sp³-hybridized carbons (Fsp3) is 0.333. The lowest BCUT2D eigenvalue weighted by Crippen LogP contribution is -2.01. The third kappa shape index (κ3) is 2.82. The highest BCUT2D eigenvalue weighted by Crippen LogP contribution is 2.14. The van der Waals surface area contributed by atoms with Gasteiger partial charge >= 0.3 is 0 Å². The minimum atomic E-state index is -0.0441. The minimum absolute atomic E-state index is 0.0441. The van der Waals surface area contributed by atoms with Crippen LogP contribution in [0.4, 0.5) is 0 Å². The van der Waals surface area contributed by atoms with Crippen LogP contribution in [0.3, 0.4) is 0 Å². The Bertz CT molecular complexity index is 508. The third-order valence-corrected chi connectivity index (χ3v) is 2.41. The molecule has 0 aliphatic carbocycles. The Morgan fingerprint density at radius 3 is 2.82 bits per heavy atom. The fourth-order valence-corrected chi connectivity index (χ4v) is 1.66. The Labute approximate surface area is 99.7 Å². The topological polar surface area (TPSA) is 60.2 Å². The first-order chi connectivity index (χ1) is 8.21. The SMILES string of the molecule is COc1cc(C)nc(Cn2cnc(CO)c2)c1. The number of rotatable bonds is 4. The number of aryl methyl sites for hydroxylation is 1. The molecule has 0 atom stereocenters. The van der Waals surface area contributed by atoms with E-state index in [0.717, 1.165) is 17.1 Å². The lowest BCUT2D eigenvalue weighted by molar-refractivity contribution is 0.277. The predicted octanol–water partition coefficient (Wildman–Crippen LogP) is 1.14. The van der Waals surface area contributed by atoms with Crippen molar-refractivity contribution in [1.82, 2.24) is 14.5 Å². The van der Waals surface area contributed by atoms with Gasteiger partial charge in [0.1, 0.15) is 5.75 Å². The summed E-state index contributed by atoms with van der Waals surface area (Å²) in [6.07, 6.45) is 3.48. The summed E-state index contributed by atoms with van der Waals surface area (Å²) in [7, 11) is 1.64. The summed E-state index contributed by atoms with van der Waals surface area (Å²) in [4.78, 5) is 8.47. The van der Waals surface area contributed by atoms with Crippen molar-refractivity contribution in [3.05, 3.63) is 41.7 Å². The Hall–Kier alpha value is -1.88. The number of hydrogen-bond acceptors (Lipinski definition) is 4. The van der Waals surface area contributed by atoms with Crippen LogP contribution in [0, 0.1) is 6.92 Å². The second-order valence-electron chi connectivity index (χ2n) is 3.84. The highest BCUT2D eigenvalue weighted by molar-refractivity contribution is 5.26. The van der Waals surface area contributed by atoms with Crippen molar-refractivity contribution in [2.24, 2.45) is 0 Å². The molecule has 2 heterocycles. The van der Waals surface area contributed by atoms with Gasteiger partial charge in [-0.2, -0.15) is 0 Å². The lowest BCUT2D eigenvalue weighted by atomic mass is 10.3. The summed E-state index contributed by atoms with van der Waals surface area (Å²) >= 11 is 0. The van der Waals surface area contributed by atoms with E-state index in [1.54, 1.807) is 19.6 Å². The predicted molar refractivity (Wildman–Crippen MR) is 62.8 cm³/mol. The molecular formula is C12H15N3O2. The van der Waals surface area contributed by atoms with Crippen molar-refractivity contribution in [3.8, 4) is 5.75 Å². The number of imidazole rings is 1. The maximum Gasteiger partial charge on any atom is 0.122 e. The molecule has 0 fully saturated rings. The molecule has 0 aromatic carbocycles. The second-order valence-corrected chi connectivity index (χ2v) is 3.84. The highest BCUT2D eigenvalue weighted by Gasteiger charge is 2.03. The molecule has 2 aromatic heterocycles. The molecule has 90 valence electrons. The molecule has 2 aromatic rings. The van der Waals surface area contributed by atoms with Crippen LogP contribution in [0.15, 0.2) is 24.7 Å². The van der Waals surface area contributed by atoms with E-state index < -0.39 is 0 Å². The molecule has 17 heavy (non-hydrogen) atoms. The zero-order valence-electron chi connectivity index (χ0n) is 9.92. The van der Waals surface area contributed by atoms with Crippen LogP contribution in [-0.2, 0) is 13.2 Å². The van der Waals surface area contributed by atoms with Gasteiger partial charge in [-0.3, -0.25) is 4.98 Å². The first kappa shape index (κ1) is 11.6. The zero-order chi connectivity index (χ0) is 12.3.